The quantitative estimate of drug-likeness (QED) is 0.566. The second-order valence-electron chi connectivity index (χ2n) is 4.26. The fourth-order valence-corrected chi connectivity index (χ4v) is 1.69. The number of carbonyl (C=O) groups excluding carboxylic acids is 2. The number of nitrogens with zero attached hydrogens (tertiary/aromatic N) is 1. The molecule has 1 amide bonds. The smallest absolute Gasteiger partial charge is 0.307 e. The van der Waals surface area contributed by atoms with Crippen molar-refractivity contribution in [1.82, 2.24) is 4.90 Å². The van der Waals surface area contributed by atoms with Gasteiger partial charge in [0, 0.05) is 13.1 Å². The highest BCUT2D eigenvalue weighted by Gasteiger charge is 2.14. The second-order valence-corrected chi connectivity index (χ2v) is 4.26. The summed E-state index contributed by atoms with van der Waals surface area (Å²) >= 11 is 0. The molecule has 0 saturated carbocycles. The molecule has 0 atom stereocenters. The second kappa shape index (κ2) is 8.09. The molecule has 0 aliphatic heterocycles. The first kappa shape index (κ1) is 15.9. The molecule has 0 fully saturated rings. The van der Waals surface area contributed by atoms with E-state index in [0.29, 0.717) is 6.54 Å². The zero-order valence-electron chi connectivity index (χ0n) is 11.5. The third-order valence-corrected chi connectivity index (χ3v) is 2.78. The lowest BCUT2D eigenvalue weighted by Crippen LogP contribution is -2.34. The SMILES string of the molecule is C=CCN(CCC(=O)OC)C(=O)Cc1ccc(F)cc1. The van der Waals surface area contributed by atoms with E-state index in [-0.39, 0.29) is 37.1 Å². The third kappa shape index (κ3) is 5.22. The van der Waals surface area contributed by atoms with Crippen LogP contribution in [0.4, 0.5) is 4.39 Å². The number of amides is 1. The van der Waals surface area contributed by atoms with Gasteiger partial charge in [0.1, 0.15) is 5.82 Å². The number of esters is 1. The van der Waals surface area contributed by atoms with Gasteiger partial charge >= 0.3 is 5.97 Å². The molecule has 108 valence electrons. The summed E-state index contributed by atoms with van der Waals surface area (Å²) in [7, 11) is 1.31. The van der Waals surface area contributed by atoms with Gasteiger partial charge in [-0.15, -0.1) is 6.58 Å². The predicted octanol–water partition coefficient (Wildman–Crippen LogP) is 1.95. The molecule has 0 spiro atoms. The van der Waals surface area contributed by atoms with Gasteiger partial charge in [0.2, 0.25) is 5.91 Å². The maximum absolute atomic E-state index is 12.8. The Kier molecular flexibility index (Phi) is 6.43. The zero-order chi connectivity index (χ0) is 15.0. The molecule has 0 radical (unpaired) electrons. The highest BCUT2D eigenvalue weighted by Crippen LogP contribution is 2.06. The minimum Gasteiger partial charge on any atom is -0.469 e. The van der Waals surface area contributed by atoms with Crippen LogP contribution in [0.1, 0.15) is 12.0 Å². The molecule has 0 saturated heterocycles. The van der Waals surface area contributed by atoms with Crippen LogP contribution >= 0.6 is 0 Å². The van der Waals surface area contributed by atoms with E-state index in [1.165, 1.54) is 24.1 Å². The molecule has 0 bridgehead atoms. The summed E-state index contributed by atoms with van der Waals surface area (Å²) in [6.45, 7) is 4.22. The standard InChI is InChI=1S/C15H18FNO3/c1-3-9-17(10-8-15(19)20-2)14(18)11-12-4-6-13(16)7-5-12/h3-7H,1,8-11H2,2H3. The summed E-state index contributed by atoms with van der Waals surface area (Å²) in [5.74, 6) is -0.844. The number of halogens is 1. The molecule has 1 aromatic rings. The lowest BCUT2D eigenvalue weighted by molar-refractivity contribution is -0.141. The van der Waals surface area contributed by atoms with Crippen molar-refractivity contribution in [3.8, 4) is 0 Å². The summed E-state index contributed by atoms with van der Waals surface area (Å²) in [4.78, 5) is 24.8. The zero-order valence-corrected chi connectivity index (χ0v) is 11.5. The molecule has 0 heterocycles. The Hall–Kier alpha value is -2.17. The molecule has 1 aromatic carbocycles. The largest absolute Gasteiger partial charge is 0.469 e. The first-order valence-corrected chi connectivity index (χ1v) is 6.26. The summed E-state index contributed by atoms with van der Waals surface area (Å²) in [6, 6.07) is 5.77. The average molecular weight is 279 g/mol. The number of benzene rings is 1. The van der Waals surface area contributed by atoms with Crippen LogP contribution in [0.3, 0.4) is 0 Å². The van der Waals surface area contributed by atoms with Gasteiger partial charge in [0.15, 0.2) is 0 Å². The van der Waals surface area contributed by atoms with E-state index in [2.05, 4.69) is 11.3 Å². The van der Waals surface area contributed by atoms with Gasteiger partial charge in [-0.1, -0.05) is 18.2 Å². The maximum Gasteiger partial charge on any atom is 0.307 e. The topological polar surface area (TPSA) is 46.6 Å². The Morgan fingerprint density at radius 1 is 1.35 bits per heavy atom. The van der Waals surface area contributed by atoms with E-state index in [9.17, 15) is 14.0 Å². The van der Waals surface area contributed by atoms with Crippen molar-refractivity contribution in [3.05, 3.63) is 48.3 Å². The highest BCUT2D eigenvalue weighted by molar-refractivity contribution is 5.79. The van der Waals surface area contributed by atoms with Crippen LogP contribution in [0.2, 0.25) is 0 Å². The lowest BCUT2D eigenvalue weighted by atomic mass is 10.1. The summed E-state index contributed by atoms with van der Waals surface area (Å²) in [5, 5.41) is 0. The van der Waals surface area contributed by atoms with Crippen LogP contribution in [-0.2, 0) is 20.7 Å². The highest BCUT2D eigenvalue weighted by atomic mass is 19.1. The summed E-state index contributed by atoms with van der Waals surface area (Å²) in [5.41, 5.74) is 0.725. The molecule has 20 heavy (non-hydrogen) atoms. The normalized spacial score (nSPS) is 9.90. The number of hydrogen-bond donors (Lipinski definition) is 0. The molecule has 5 heteroatoms. The summed E-state index contributed by atoms with van der Waals surface area (Å²) < 4.78 is 17.3. The van der Waals surface area contributed by atoms with E-state index >= 15 is 0 Å². The Balaban J connectivity index is 2.61. The Bertz CT molecular complexity index is 471. The van der Waals surface area contributed by atoms with Crippen molar-refractivity contribution in [2.24, 2.45) is 0 Å². The number of rotatable bonds is 7. The predicted molar refractivity (Wildman–Crippen MR) is 73.5 cm³/mol. The average Bonchev–Trinajstić information content (AvgIpc) is 2.45. The molecule has 4 nitrogen and oxygen atoms in total. The molecule has 0 unspecified atom stereocenters. The molecule has 0 aliphatic rings. The van der Waals surface area contributed by atoms with Crippen molar-refractivity contribution >= 4 is 11.9 Å². The molecular weight excluding hydrogens is 261 g/mol. The van der Waals surface area contributed by atoms with Gasteiger partial charge in [-0.25, -0.2) is 4.39 Å². The van der Waals surface area contributed by atoms with E-state index in [1.54, 1.807) is 18.2 Å². The lowest BCUT2D eigenvalue weighted by Gasteiger charge is -2.20. The summed E-state index contributed by atoms with van der Waals surface area (Å²) in [6.07, 6.45) is 1.90. The number of methoxy groups -OCH3 is 1. The van der Waals surface area contributed by atoms with E-state index in [4.69, 9.17) is 0 Å². The van der Waals surface area contributed by atoms with Crippen molar-refractivity contribution in [2.75, 3.05) is 20.2 Å². The van der Waals surface area contributed by atoms with Gasteiger partial charge in [-0.05, 0) is 17.7 Å². The number of hydrogen-bond acceptors (Lipinski definition) is 3. The molecule has 0 aliphatic carbocycles. The van der Waals surface area contributed by atoms with Crippen molar-refractivity contribution in [1.29, 1.82) is 0 Å². The first-order valence-electron chi connectivity index (χ1n) is 6.26. The van der Waals surface area contributed by atoms with Crippen molar-refractivity contribution < 1.29 is 18.7 Å². The van der Waals surface area contributed by atoms with Crippen LogP contribution in [0.5, 0.6) is 0 Å². The van der Waals surface area contributed by atoms with E-state index in [0.717, 1.165) is 5.56 Å². The Labute approximate surface area is 117 Å². The van der Waals surface area contributed by atoms with Crippen LogP contribution < -0.4 is 0 Å². The van der Waals surface area contributed by atoms with Crippen LogP contribution in [0, 0.1) is 5.82 Å². The fraction of sp³-hybridized carbons (Fsp3) is 0.333. The maximum atomic E-state index is 12.8. The van der Waals surface area contributed by atoms with Crippen molar-refractivity contribution in [2.45, 2.75) is 12.8 Å². The van der Waals surface area contributed by atoms with E-state index in [1.807, 2.05) is 0 Å². The van der Waals surface area contributed by atoms with Crippen LogP contribution in [0.25, 0.3) is 0 Å². The minimum absolute atomic E-state index is 0.138. The minimum atomic E-state index is -0.367. The Morgan fingerprint density at radius 2 is 2.00 bits per heavy atom. The van der Waals surface area contributed by atoms with Gasteiger partial charge in [0.05, 0.1) is 20.0 Å². The molecular formula is C15H18FNO3. The molecule has 0 aromatic heterocycles. The first-order chi connectivity index (χ1) is 9.56. The van der Waals surface area contributed by atoms with Gasteiger partial charge in [-0.2, -0.15) is 0 Å². The number of carbonyl (C=O) groups is 2. The molecule has 1 rings (SSSR count). The van der Waals surface area contributed by atoms with Crippen molar-refractivity contribution in [3.63, 3.8) is 0 Å². The number of ether oxygens (including phenoxy) is 1. The third-order valence-electron chi connectivity index (χ3n) is 2.78. The molecule has 0 N–H and O–H groups in total. The van der Waals surface area contributed by atoms with Gasteiger partial charge in [-0.3, -0.25) is 9.59 Å². The van der Waals surface area contributed by atoms with Crippen LogP contribution in [0.15, 0.2) is 36.9 Å². The van der Waals surface area contributed by atoms with Crippen LogP contribution in [-0.4, -0.2) is 37.0 Å². The van der Waals surface area contributed by atoms with E-state index < -0.39 is 0 Å². The fourth-order valence-electron chi connectivity index (χ4n) is 1.69. The monoisotopic (exact) mass is 279 g/mol. The van der Waals surface area contributed by atoms with Gasteiger partial charge < -0.3 is 9.64 Å². The van der Waals surface area contributed by atoms with Gasteiger partial charge in [0.25, 0.3) is 0 Å². The Morgan fingerprint density at radius 3 is 2.55 bits per heavy atom.